The first kappa shape index (κ1) is 16.2. The summed E-state index contributed by atoms with van der Waals surface area (Å²) >= 11 is 5.23. The minimum absolute atomic E-state index is 0.790. The number of rotatable bonds is 3. The van der Waals surface area contributed by atoms with Crippen molar-refractivity contribution >= 4 is 32.2 Å². The van der Waals surface area contributed by atoms with E-state index in [1.807, 2.05) is 12.1 Å². The summed E-state index contributed by atoms with van der Waals surface area (Å²) in [4.78, 5) is 4.91. The van der Waals surface area contributed by atoms with Crippen LogP contribution in [-0.2, 0) is 6.54 Å². The highest BCUT2D eigenvalue weighted by Crippen LogP contribution is 2.28. The molecule has 0 saturated carbocycles. The lowest BCUT2D eigenvalue weighted by molar-refractivity contribution is 0.135. The summed E-state index contributed by atoms with van der Waals surface area (Å²) in [6, 6.07) is 8.23. The van der Waals surface area contributed by atoms with Gasteiger partial charge in [-0.3, -0.25) is 9.30 Å². The summed E-state index contributed by atoms with van der Waals surface area (Å²) in [5.41, 5.74) is 1.09. The van der Waals surface area contributed by atoms with Crippen LogP contribution < -0.4 is 0 Å². The molecule has 3 aromatic rings. The van der Waals surface area contributed by atoms with Gasteiger partial charge in [-0.15, -0.1) is 10.2 Å². The second-order valence-electron chi connectivity index (χ2n) is 7.02. The third-order valence-corrected chi connectivity index (χ3v) is 6.07. The molecule has 24 heavy (non-hydrogen) atoms. The maximum atomic E-state index is 4.36. The lowest BCUT2D eigenvalue weighted by atomic mass is 9.92. The van der Waals surface area contributed by atoms with Gasteiger partial charge >= 0.3 is 0 Å². The van der Waals surface area contributed by atoms with Crippen LogP contribution in [0.5, 0.6) is 0 Å². The molecule has 1 fully saturated rings. The van der Waals surface area contributed by atoms with Crippen molar-refractivity contribution in [2.24, 2.45) is 11.8 Å². The van der Waals surface area contributed by atoms with Crippen molar-refractivity contribution in [2.75, 3.05) is 13.1 Å². The Labute approximate surface area is 154 Å². The second-order valence-corrected chi connectivity index (χ2v) is 9.03. The van der Waals surface area contributed by atoms with E-state index in [-0.39, 0.29) is 0 Å². The number of hydrogen-bond acceptors (Lipinski definition) is 4. The number of nitrogens with zero attached hydrogens (tertiary/aromatic N) is 4. The van der Waals surface area contributed by atoms with Crippen molar-refractivity contribution in [2.45, 2.75) is 26.8 Å². The van der Waals surface area contributed by atoms with Crippen molar-refractivity contribution in [1.29, 1.82) is 0 Å². The first-order chi connectivity index (χ1) is 11.6. The Balaban J connectivity index is 1.59. The quantitative estimate of drug-likeness (QED) is 0.634. The minimum Gasteiger partial charge on any atom is -0.298 e. The molecule has 4 rings (SSSR count). The van der Waals surface area contributed by atoms with E-state index in [1.54, 1.807) is 11.3 Å². The molecule has 6 heteroatoms. The van der Waals surface area contributed by atoms with Crippen molar-refractivity contribution in [3.8, 4) is 11.4 Å². The van der Waals surface area contributed by atoms with Crippen LogP contribution in [0.25, 0.3) is 16.3 Å². The third-order valence-electron chi connectivity index (χ3n) is 4.59. The Hall–Kier alpha value is -1.24. The van der Waals surface area contributed by atoms with Crippen LogP contribution in [0.3, 0.4) is 0 Å². The molecule has 0 amide bonds. The molecule has 126 valence electrons. The molecule has 1 aliphatic heterocycles. The standard InChI is InChI=1S/C18H21BrN4S/c1-12-7-13(2)9-22(8-12)10-16-11-23-17(20-21-18(23)24-16)14-3-5-15(19)6-4-14/h3-6,11-13H,7-10H2,1-2H3/t12-,13+. The van der Waals surface area contributed by atoms with E-state index in [1.165, 1.54) is 24.4 Å². The van der Waals surface area contributed by atoms with Crippen molar-refractivity contribution in [1.82, 2.24) is 19.5 Å². The lowest BCUT2D eigenvalue weighted by Crippen LogP contribution is -2.37. The van der Waals surface area contributed by atoms with Crippen LogP contribution >= 0.6 is 27.3 Å². The highest BCUT2D eigenvalue weighted by Gasteiger charge is 2.22. The minimum atomic E-state index is 0.790. The summed E-state index contributed by atoms with van der Waals surface area (Å²) in [6.07, 6.45) is 3.56. The Morgan fingerprint density at radius 1 is 1.12 bits per heavy atom. The number of piperidine rings is 1. The predicted molar refractivity (Wildman–Crippen MR) is 102 cm³/mol. The van der Waals surface area contributed by atoms with Gasteiger partial charge < -0.3 is 0 Å². The zero-order valence-corrected chi connectivity index (χ0v) is 16.3. The zero-order valence-electron chi connectivity index (χ0n) is 13.9. The van der Waals surface area contributed by atoms with Crippen LogP contribution in [0.2, 0.25) is 0 Å². The molecule has 0 aliphatic carbocycles. The van der Waals surface area contributed by atoms with Gasteiger partial charge in [0.2, 0.25) is 4.96 Å². The Kier molecular flexibility index (Phi) is 4.45. The fourth-order valence-electron chi connectivity index (χ4n) is 3.76. The molecule has 4 nitrogen and oxygen atoms in total. The van der Waals surface area contributed by atoms with Crippen LogP contribution in [0.1, 0.15) is 25.1 Å². The average Bonchev–Trinajstić information content (AvgIpc) is 3.07. The number of halogens is 1. The predicted octanol–water partition coefficient (Wildman–Crippen LogP) is 4.70. The van der Waals surface area contributed by atoms with Gasteiger partial charge in [0.05, 0.1) is 0 Å². The molecule has 0 unspecified atom stereocenters. The van der Waals surface area contributed by atoms with Crippen LogP contribution in [0.15, 0.2) is 34.9 Å². The normalized spacial score (nSPS) is 22.3. The molecule has 1 aromatic carbocycles. The molecule has 3 heterocycles. The molecular weight excluding hydrogens is 384 g/mol. The second kappa shape index (κ2) is 6.58. The lowest BCUT2D eigenvalue weighted by Gasteiger charge is -2.34. The zero-order chi connectivity index (χ0) is 16.7. The fourth-order valence-corrected chi connectivity index (χ4v) is 4.98. The Morgan fingerprint density at radius 3 is 2.54 bits per heavy atom. The first-order valence-electron chi connectivity index (χ1n) is 8.40. The molecule has 2 atom stereocenters. The molecule has 1 saturated heterocycles. The number of aromatic nitrogens is 3. The number of benzene rings is 1. The SMILES string of the molecule is C[C@@H]1C[C@H](C)CN(Cc2cn3c(-c4ccc(Br)cc4)nnc3s2)C1. The highest BCUT2D eigenvalue weighted by molar-refractivity contribution is 9.10. The highest BCUT2D eigenvalue weighted by atomic mass is 79.9. The average molecular weight is 405 g/mol. The van der Waals surface area contributed by atoms with Crippen LogP contribution in [-0.4, -0.2) is 32.6 Å². The Morgan fingerprint density at radius 2 is 1.83 bits per heavy atom. The molecular formula is C18H21BrN4S. The van der Waals surface area contributed by atoms with E-state index < -0.39 is 0 Å². The molecule has 0 radical (unpaired) electrons. The number of thiazole rings is 1. The summed E-state index contributed by atoms with van der Waals surface area (Å²) < 4.78 is 3.20. The van der Waals surface area contributed by atoms with E-state index in [4.69, 9.17) is 0 Å². The van der Waals surface area contributed by atoms with Crippen LogP contribution in [0, 0.1) is 11.8 Å². The van der Waals surface area contributed by atoms with Gasteiger partial charge in [0.1, 0.15) is 0 Å². The Bertz CT molecular complexity index is 828. The first-order valence-corrected chi connectivity index (χ1v) is 10.0. The number of fused-ring (bicyclic) bond motifs is 1. The van der Waals surface area contributed by atoms with E-state index >= 15 is 0 Å². The number of hydrogen-bond donors (Lipinski definition) is 0. The summed E-state index contributed by atoms with van der Waals surface area (Å²) in [5.74, 6) is 2.50. The van der Waals surface area contributed by atoms with Gasteiger partial charge in [0.15, 0.2) is 5.82 Å². The third kappa shape index (κ3) is 3.27. The van der Waals surface area contributed by atoms with Gasteiger partial charge in [-0.05, 0) is 30.4 Å². The summed E-state index contributed by atoms with van der Waals surface area (Å²) in [6.45, 7) is 8.13. The van der Waals surface area contributed by atoms with E-state index in [9.17, 15) is 0 Å². The van der Waals surface area contributed by atoms with Gasteiger partial charge in [-0.2, -0.15) is 0 Å². The van der Waals surface area contributed by atoms with Gasteiger partial charge in [0.25, 0.3) is 0 Å². The maximum Gasteiger partial charge on any atom is 0.216 e. The molecule has 0 spiro atoms. The van der Waals surface area contributed by atoms with Gasteiger partial charge in [-0.25, -0.2) is 0 Å². The fraction of sp³-hybridized carbons (Fsp3) is 0.444. The van der Waals surface area contributed by atoms with E-state index in [0.29, 0.717) is 0 Å². The smallest absolute Gasteiger partial charge is 0.216 e. The van der Waals surface area contributed by atoms with Gasteiger partial charge in [0, 0.05) is 40.7 Å². The molecule has 1 aliphatic rings. The monoisotopic (exact) mass is 404 g/mol. The largest absolute Gasteiger partial charge is 0.298 e. The summed E-state index contributed by atoms with van der Waals surface area (Å²) in [7, 11) is 0. The molecule has 0 bridgehead atoms. The molecule has 0 N–H and O–H groups in total. The maximum absolute atomic E-state index is 4.36. The molecule has 2 aromatic heterocycles. The van der Waals surface area contributed by atoms with Crippen molar-refractivity contribution < 1.29 is 0 Å². The number of likely N-dealkylation sites (tertiary alicyclic amines) is 1. The van der Waals surface area contributed by atoms with E-state index in [2.05, 4.69) is 67.6 Å². The summed E-state index contributed by atoms with van der Waals surface area (Å²) in [5, 5.41) is 8.72. The van der Waals surface area contributed by atoms with Crippen molar-refractivity contribution in [3.05, 3.63) is 39.8 Å². The van der Waals surface area contributed by atoms with E-state index in [0.717, 1.165) is 39.2 Å². The van der Waals surface area contributed by atoms with Crippen molar-refractivity contribution in [3.63, 3.8) is 0 Å². The van der Waals surface area contributed by atoms with Crippen LogP contribution in [0.4, 0.5) is 0 Å². The topological polar surface area (TPSA) is 33.4 Å². The van der Waals surface area contributed by atoms with Gasteiger partial charge in [-0.1, -0.05) is 53.2 Å².